The Labute approximate surface area is 86.8 Å². The van der Waals surface area contributed by atoms with Crippen LogP contribution >= 0.6 is 0 Å². The lowest BCUT2D eigenvalue weighted by Gasteiger charge is -2.25. The van der Waals surface area contributed by atoms with E-state index in [2.05, 4.69) is 4.74 Å². The van der Waals surface area contributed by atoms with Gasteiger partial charge < -0.3 is 10.5 Å². The number of alkyl halides is 3. The molecule has 0 aliphatic carbocycles. The van der Waals surface area contributed by atoms with Gasteiger partial charge >= 0.3 is 12.1 Å². The van der Waals surface area contributed by atoms with Crippen molar-refractivity contribution in [2.24, 2.45) is 5.73 Å². The van der Waals surface area contributed by atoms with Crippen molar-refractivity contribution in [2.75, 3.05) is 6.61 Å². The first-order valence-corrected chi connectivity index (χ1v) is 4.76. The van der Waals surface area contributed by atoms with Crippen molar-refractivity contribution in [1.29, 1.82) is 0 Å². The van der Waals surface area contributed by atoms with Crippen LogP contribution in [-0.2, 0) is 9.53 Å². The van der Waals surface area contributed by atoms with Crippen LogP contribution in [0.4, 0.5) is 13.2 Å². The smallest absolute Gasteiger partial charge is 0.416 e. The van der Waals surface area contributed by atoms with Crippen LogP contribution < -0.4 is 5.73 Å². The zero-order chi connectivity index (χ0) is 12.1. The molecule has 0 aliphatic heterocycles. The summed E-state index contributed by atoms with van der Waals surface area (Å²) in [6, 6.07) is 0. The second kappa shape index (κ2) is 5.34. The van der Waals surface area contributed by atoms with Crippen LogP contribution in [0.2, 0.25) is 0 Å². The molecule has 3 nitrogen and oxygen atoms in total. The molecule has 0 aliphatic rings. The molecule has 0 saturated carbocycles. The maximum absolute atomic E-state index is 12.2. The molecular weight excluding hydrogens is 211 g/mol. The first-order valence-electron chi connectivity index (χ1n) is 4.76. The minimum Gasteiger partial charge on any atom is -0.464 e. The van der Waals surface area contributed by atoms with Crippen LogP contribution in [0.15, 0.2) is 0 Å². The van der Waals surface area contributed by atoms with E-state index in [4.69, 9.17) is 5.73 Å². The number of carbonyl (C=O) groups excluding carboxylic acids is 1. The average molecular weight is 227 g/mol. The summed E-state index contributed by atoms with van der Waals surface area (Å²) < 4.78 is 41.2. The van der Waals surface area contributed by atoms with Crippen LogP contribution in [0.25, 0.3) is 0 Å². The van der Waals surface area contributed by atoms with Crippen molar-refractivity contribution in [2.45, 2.75) is 44.8 Å². The standard InChI is InChI=1S/C9H16F3NO2/c1-3-4-5-6-15-7(14)8(2,13)9(10,11)12/h3-6,13H2,1-2H3. The third kappa shape index (κ3) is 4.07. The molecule has 15 heavy (non-hydrogen) atoms. The summed E-state index contributed by atoms with van der Waals surface area (Å²) in [7, 11) is 0. The zero-order valence-corrected chi connectivity index (χ0v) is 8.86. The Morgan fingerprint density at radius 2 is 1.87 bits per heavy atom. The summed E-state index contributed by atoms with van der Waals surface area (Å²) in [4.78, 5) is 11.0. The third-order valence-electron chi connectivity index (χ3n) is 1.99. The van der Waals surface area contributed by atoms with E-state index < -0.39 is 17.7 Å². The van der Waals surface area contributed by atoms with E-state index in [9.17, 15) is 18.0 Å². The topological polar surface area (TPSA) is 52.3 Å². The molecule has 0 spiro atoms. The molecule has 0 aromatic rings. The second-order valence-electron chi connectivity index (χ2n) is 3.54. The van der Waals surface area contributed by atoms with E-state index in [0.29, 0.717) is 13.3 Å². The summed E-state index contributed by atoms with van der Waals surface area (Å²) in [5.74, 6) is -1.42. The Morgan fingerprint density at radius 1 is 1.33 bits per heavy atom. The molecule has 0 aromatic carbocycles. The van der Waals surface area contributed by atoms with E-state index in [0.717, 1.165) is 12.8 Å². The van der Waals surface area contributed by atoms with Crippen LogP contribution in [0, 0.1) is 0 Å². The van der Waals surface area contributed by atoms with Gasteiger partial charge in [0.05, 0.1) is 6.61 Å². The lowest BCUT2D eigenvalue weighted by Crippen LogP contribution is -2.57. The molecule has 0 saturated heterocycles. The minimum absolute atomic E-state index is 0.0183. The minimum atomic E-state index is -4.78. The second-order valence-corrected chi connectivity index (χ2v) is 3.54. The summed E-state index contributed by atoms with van der Waals surface area (Å²) >= 11 is 0. The van der Waals surface area contributed by atoms with Crippen molar-refractivity contribution in [3.63, 3.8) is 0 Å². The molecule has 90 valence electrons. The van der Waals surface area contributed by atoms with Gasteiger partial charge in [0.1, 0.15) is 0 Å². The van der Waals surface area contributed by atoms with E-state index in [1.807, 2.05) is 6.92 Å². The van der Waals surface area contributed by atoms with Crippen molar-refractivity contribution in [3.05, 3.63) is 0 Å². The molecule has 0 fully saturated rings. The lowest BCUT2D eigenvalue weighted by atomic mass is 10.0. The van der Waals surface area contributed by atoms with Gasteiger partial charge in [-0.05, 0) is 13.3 Å². The Balaban J connectivity index is 4.10. The number of hydrogen-bond donors (Lipinski definition) is 1. The quantitative estimate of drug-likeness (QED) is 0.577. The van der Waals surface area contributed by atoms with E-state index >= 15 is 0 Å². The molecule has 0 aromatic heterocycles. The highest BCUT2D eigenvalue weighted by atomic mass is 19.4. The van der Waals surface area contributed by atoms with Gasteiger partial charge in [-0.15, -0.1) is 0 Å². The number of ether oxygens (including phenoxy) is 1. The molecule has 0 radical (unpaired) electrons. The van der Waals surface area contributed by atoms with E-state index in [1.165, 1.54) is 0 Å². The molecule has 0 rings (SSSR count). The van der Waals surface area contributed by atoms with Crippen molar-refractivity contribution < 1.29 is 22.7 Å². The van der Waals surface area contributed by atoms with Gasteiger partial charge in [-0.25, -0.2) is 4.79 Å². The fraction of sp³-hybridized carbons (Fsp3) is 0.889. The largest absolute Gasteiger partial charge is 0.464 e. The summed E-state index contributed by atoms with van der Waals surface area (Å²) in [6.07, 6.45) is -2.53. The van der Waals surface area contributed by atoms with Crippen molar-refractivity contribution >= 4 is 5.97 Å². The Bertz CT molecular complexity index is 214. The molecule has 6 heteroatoms. The maximum Gasteiger partial charge on any atom is 0.416 e. The summed E-state index contributed by atoms with van der Waals surface area (Å²) in [6.45, 7) is 2.52. The Morgan fingerprint density at radius 3 is 2.27 bits per heavy atom. The highest BCUT2D eigenvalue weighted by Crippen LogP contribution is 2.28. The van der Waals surface area contributed by atoms with Gasteiger partial charge in [0.2, 0.25) is 5.54 Å². The van der Waals surface area contributed by atoms with Gasteiger partial charge in [-0.2, -0.15) is 13.2 Å². The molecule has 0 bridgehead atoms. The van der Waals surface area contributed by atoms with Crippen LogP contribution in [-0.4, -0.2) is 24.3 Å². The monoisotopic (exact) mass is 227 g/mol. The van der Waals surface area contributed by atoms with Gasteiger partial charge in [0.25, 0.3) is 0 Å². The highest BCUT2D eigenvalue weighted by Gasteiger charge is 2.55. The Kier molecular flexibility index (Phi) is 5.07. The van der Waals surface area contributed by atoms with Gasteiger partial charge in [-0.3, -0.25) is 0 Å². The molecule has 0 heterocycles. The van der Waals surface area contributed by atoms with Crippen LogP contribution in [0.5, 0.6) is 0 Å². The molecular formula is C9H16F3NO2. The van der Waals surface area contributed by atoms with Crippen LogP contribution in [0.3, 0.4) is 0 Å². The SMILES string of the molecule is CCCCCOC(=O)C(C)(N)C(F)(F)F. The predicted molar refractivity (Wildman–Crippen MR) is 49.1 cm³/mol. The normalized spacial score (nSPS) is 15.9. The Hall–Kier alpha value is -0.780. The molecule has 2 N–H and O–H groups in total. The summed E-state index contributed by atoms with van der Waals surface area (Å²) in [5, 5.41) is 0. The number of hydrogen-bond acceptors (Lipinski definition) is 3. The third-order valence-corrected chi connectivity index (χ3v) is 1.99. The highest BCUT2D eigenvalue weighted by molar-refractivity contribution is 5.81. The molecule has 1 unspecified atom stereocenters. The van der Waals surface area contributed by atoms with Crippen molar-refractivity contribution in [3.8, 4) is 0 Å². The number of rotatable bonds is 5. The fourth-order valence-corrected chi connectivity index (χ4v) is 0.783. The van der Waals surface area contributed by atoms with Crippen molar-refractivity contribution in [1.82, 2.24) is 0 Å². The van der Waals surface area contributed by atoms with Crippen LogP contribution in [0.1, 0.15) is 33.1 Å². The summed E-state index contributed by atoms with van der Waals surface area (Å²) in [5.41, 5.74) is 1.94. The fourth-order valence-electron chi connectivity index (χ4n) is 0.783. The number of unbranched alkanes of at least 4 members (excludes halogenated alkanes) is 2. The van der Waals surface area contributed by atoms with Gasteiger partial charge in [0, 0.05) is 0 Å². The number of esters is 1. The molecule has 1 atom stereocenters. The lowest BCUT2D eigenvalue weighted by molar-refractivity contribution is -0.202. The number of carbonyl (C=O) groups is 1. The average Bonchev–Trinajstić information content (AvgIpc) is 2.10. The number of halogens is 3. The van der Waals surface area contributed by atoms with E-state index in [-0.39, 0.29) is 6.61 Å². The predicted octanol–water partition coefficient (Wildman–Crippen LogP) is 2.00. The first kappa shape index (κ1) is 14.2. The zero-order valence-electron chi connectivity index (χ0n) is 8.86. The van der Waals surface area contributed by atoms with Gasteiger partial charge in [-0.1, -0.05) is 19.8 Å². The van der Waals surface area contributed by atoms with E-state index in [1.54, 1.807) is 0 Å². The first-order chi connectivity index (χ1) is 6.73. The molecule has 0 amide bonds. The maximum atomic E-state index is 12.2. The number of nitrogens with two attached hydrogens (primary N) is 1. The van der Waals surface area contributed by atoms with Gasteiger partial charge in [0.15, 0.2) is 0 Å².